The van der Waals surface area contributed by atoms with Crippen molar-refractivity contribution in [2.45, 2.75) is 19.0 Å². The van der Waals surface area contributed by atoms with Crippen molar-refractivity contribution in [3.8, 4) is 0 Å². The summed E-state index contributed by atoms with van der Waals surface area (Å²) in [4.78, 5) is 27.2. The van der Waals surface area contributed by atoms with Gasteiger partial charge in [-0.15, -0.1) is 0 Å². The van der Waals surface area contributed by atoms with Crippen LogP contribution in [0.1, 0.15) is 12.8 Å². The summed E-state index contributed by atoms with van der Waals surface area (Å²) in [5.74, 6) is -2.10. The van der Waals surface area contributed by atoms with E-state index in [1.54, 1.807) is 0 Å². The molecule has 2 rings (SSSR count). The third kappa shape index (κ3) is 2.37. The van der Waals surface area contributed by atoms with E-state index in [0.29, 0.717) is 0 Å². The highest BCUT2D eigenvalue weighted by molar-refractivity contribution is 5.87. The van der Waals surface area contributed by atoms with E-state index < -0.39 is 29.6 Å². The van der Waals surface area contributed by atoms with Crippen molar-refractivity contribution < 1.29 is 32.7 Å². The quantitative estimate of drug-likeness (QED) is 0.346. The van der Waals surface area contributed by atoms with Crippen LogP contribution in [0, 0.1) is 11.3 Å². The van der Waals surface area contributed by atoms with Crippen LogP contribution in [0.3, 0.4) is 0 Å². The molecule has 0 aromatic rings. The third-order valence-corrected chi connectivity index (χ3v) is 3.49. The number of hydrogen-bond acceptors (Lipinski definition) is 4. The molecular formula is C10H12F3N3O4. The average Bonchev–Trinajstić information content (AvgIpc) is 3.02. The van der Waals surface area contributed by atoms with Crippen LogP contribution in [0.15, 0.2) is 5.16 Å². The molecule has 0 bridgehead atoms. The van der Waals surface area contributed by atoms with Crippen molar-refractivity contribution in [1.82, 2.24) is 4.90 Å². The van der Waals surface area contributed by atoms with Gasteiger partial charge in [0, 0.05) is 13.1 Å². The van der Waals surface area contributed by atoms with E-state index >= 15 is 0 Å². The number of carboxylic acid groups (broad SMARTS) is 1. The molecule has 0 unspecified atom stereocenters. The molecule has 1 saturated heterocycles. The number of amides is 1. The van der Waals surface area contributed by atoms with E-state index in [1.807, 2.05) is 0 Å². The van der Waals surface area contributed by atoms with Crippen LogP contribution < -0.4 is 5.73 Å². The highest BCUT2D eigenvalue weighted by Gasteiger charge is 2.70. The Kier molecular flexibility index (Phi) is 3.26. The van der Waals surface area contributed by atoms with Crippen molar-refractivity contribution in [1.29, 1.82) is 0 Å². The highest BCUT2D eigenvalue weighted by atomic mass is 19.4. The second-order valence-corrected chi connectivity index (χ2v) is 4.86. The van der Waals surface area contributed by atoms with Crippen LogP contribution >= 0.6 is 0 Å². The molecule has 2 aliphatic rings. The van der Waals surface area contributed by atoms with Gasteiger partial charge in [-0.25, -0.2) is 9.59 Å². The molecule has 10 heteroatoms. The molecule has 0 radical (unpaired) electrons. The maximum atomic E-state index is 12.6. The van der Waals surface area contributed by atoms with E-state index in [0.717, 1.165) is 4.90 Å². The first-order valence-corrected chi connectivity index (χ1v) is 5.77. The standard InChI is InChI=1S/C10H12F3N3O4/c11-10(12,13)9(1-2-9)7(17)20-15-6(14)5-3-16(4-5)8(18)19/h5H,1-4H2,(H2,14,15)(H,18,19). The molecule has 1 heterocycles. The lowest BCUT2D eigenvalue weighted by Crippen LogP contribution is -2.54. The number of alkyl halides is 3. The molecule has 1 amide bonds. The summed E-state index contributed by atoms with van der Waals surface area (Å²) < 4.78 is 37.8. The molecule has 1 aliphatic heterocycles. The zero-order valence-electron chi connectivity index (χ0n) is 10.2. The van der Waals surface area contributed by atoms with Crippen molar-refractivity contribution in [3.63, 3.8) is 0 Å². The summed E-state index contributed by atoms with van der Waals surface area (Å²) in [6.45, 7) is 0.152. The fourth-order valence-corrected chi connectivity index (χ4v) is 1.81. The lowest BCUT2D eigenvalue weighted by Gasteiger charge is -2.35. The van der Waals surface area contributed by atoms with Gasteiger partial charge in [-0.1, -0.05) is 5.16 Å². The van der Waals surface area contributed by atoms with Crippen molar-refractivity contribution in [2.24, 2.45) is 22.2 Å². The molecule has 112 valence electrons. The number of oxime groups is 1. The number of amidine groups is 1. The average molecular weight is 295 g/mol. The normalized spacial score (nSPS) is 22.1. The minimum absolute atomic E-state index is 0.0760. The Hall–Kier alpha value is -2.00. The van der Waals surface area contributed by atoms with Gasteiger partial charge in [0.15, 0.2) is 5.41 Å². The maximum absolute atomic E-state index is 12.6. The van der Waals surface area contributed by atoms with Gasteiger partial charge in [0.1, 0.15) is 5.84 Å². The van der Waals surface area contributed by atoms with Crippen LogP contribution in [0.4, 0.5) is 18.0 Å². The summed E-state index contributed by atoms with van der Waals surface area (Å²) in [5, 5.41) is 11.8. The van der Waals surface area contributed by atoms with Crippen molar-refractivity contribution in [3.05, 3.63) is 0 Å². The fraction of sp³-hybridized carbons (Fsp3) is 0.700. The number of rotatable bonds is 3. The van der Waals surface area contributed by atoms with Gasteiger partial charge in [0.25, 0.3) is 0 Å². The minimum atomic E-state index is -4.66. The van der Waals surface area contributed by atoms with Gasteiger partial charge >= 0.3 is 18.2 Å². The smallest absolute Gasteiger partial charge is 0.407 e. The minimum Gasteiger partial charge on any atom is -0.465 e. The molecule has 20 heavy (non-hydrogen) atoms. The Morgan fingerprint density at radius 3 is 2.30 bits per heavy atom. The van der Waals surface area contributed by atoms with E-state index in [9.17, 15) is 22.8 Å². The Morgan fingerprint density at radius 2 is 1.90 bits per heavy atom. The number of likely N-dealkylation sites (tertiary alicyclic amines) is 1. The number of nitrogens with two attached hydrogens (primary N) is 1. The number of halogens is 3. The summed E-state index contributed by atoms with van der Waals surface area (Å²) in [6.07, 6.45) is -6.42. The van der Waals surface area contributed by atoms with E-state index in [2.05, 4.69) is 9.99 Å². The fourth-order valence-electron chi connectivity index (χ4n) is 1.81. The van der Waals surface area contributed by atoms with Gasteiger partial charge in [-0.3, -0.25) is 0 Å². The van der Waals surface area contributed by atoms with Crippen LogP contribution in [0.25, 0.3) is 0 Å². The summed E-state index contributed by atoms with van der Waals surface area (Å²) >= 11 is 0. The van der Waals surface area contributed by atoms with Crippen LogP contribution in [0.2, 0.25) is 0 Å². The van der Waals surface area contributed by atoms with Gasteiger partial charge < -0.3 is 20.6 Å². The zero-order chi connectivity index (χ0) is 15.1. The molecule has 7 nitrogen and oxygen atoms in total. The Morgan fingerprint density at radius 1 is 1.35 bits per heavy atom. The van der Waals surface area contributed by atoms with Gasteiger partial charge in [-0.05, 0) is 12.8 Å². The molecule has 3 N–H and O–H groups in total. The summed E-state index contributed by atoms with van der Waals surface area (Å²) in [7, 11) is 0. The first kappa shape index (κ1) is 14.4. The van der Waals surface area contributed by atoms with Gasteiger partial charge in [0.05, 0.1) is 5.92 Å². The van der Waals surface area contributed by atoms with E-state index in [-0.39, 0.29) is 31.8 Å². The van der Waals surface area contributed by atoms with Crippen LogP contribution in [0.5, 0.6) is 0 Å². The number of nitrogens with zero attached hydrogens (tertiary/aromatic N) is 2. The van der Waals surface area contributed by atoms with E-state index in [1.165, 1.54) is 0 Å². The summed E-state index contributed by atoms with van der Waals surface area (Å²) in [6, 6.07) is 0. The Bertz CT molecular complexity index is 467. The molecule has 0 spiro atoms. The first-order chi connectivity index (χ1) is 9.17. The molecule has 0 aromatic heterocycles. The van der Waals surface area contributed by atoms with Gasteiger partial charge in [0.2, 0.25) is 0 Å². The second-order valence-electron chi connectivity index (χ2n) is 4.86. The first-order valence-electron chi connectivity index (χ1n) is 5.77. The van der Waals surface area contributed by atoms with Crippen LogP contribution in [-0.2, 0) is 9.63 Å². The molecular weight excluding hydrogens is 283 g/mol. The van der Waals surface area contributed by atoms with Gasteiger partial charge in [-0.2, -0.15) is 13.2 Å². The van der Waals surface area contributed by atoms with E-state index in [4.69, 9.17) is 10.8 Å². The lowest BCUT2D eigenvalue weighted by atomic mass is 10.0. The molecule has 1 saturated carbocycles. The molecule has 1 aliphatic carbocycles. The predicted molar refractivity (Wildman–Crippen MR) is 58.5 cm³/mol. The zero-order valence-corrected chi connectivity index (χ0v) is 10.2. The monoisotopic (exact) mass is 295 g/mol. The van der Waals surface area contributed by atoms with Crippen molar-refractivity contribution in [2.75, 3.05) is 13.1 Å². The summed E-state index contributed by atoms with van der Waals surface area (Å²) in [5.41, 5.74) is 2.98. The number of carbonyl (C=O) groups excluding carboxylic acids is 1. The number of carbonyl (C=O) groups is 2. The molecule has 0 atom stereocenters. The van der Waals surface area contributed by atoms with Crippen molar-refractivity contribution >= 4 is 17.9 Å². The topological polar surface area (TPSA) is 105 Å². The maximum Gasteiger partial charge on any atom is 0.407 e. The predicted octanol–water partition coefficient (Wildman–Crippen LogP) is 0.754. The Balaban J connectivity index is 1.88. The molecule has 2 fully saturated rings. The third-order valence-electron chi connectivity index (χ3n) is 3.49. The second kappa shape index (κ2) is 4.53. The molecule has 0 aromatic carbocycles. The largest absolute Gasteiger partial charge is 0.465 e. The van der Waals surface area contributed by atoms with Crippen LogP contribution in [-0.4, -0.2) is 47.2 Å². The number of hydrogen-bond donors (Lipinski definition) is 2. The highest BCUT2D eigenvalue weighted by Crippen LogP contribution is 2.58. The lowest BCUT2D eigenvalue weighted by molar-refractivity contribution is -0.206. The SMILES string of the molecule is N/C(=N\OC(=O)C1(C(F)(F)F)CC1)C1CN(C(=O)O)C1. The Labute approximate surface area is 111 Å².